The molecule has 2 N–H and O–H groups in total. The van der Waals surface area contributed by atoms with E-state index in [9.17, 15) is 13.6 Å². The van der Waals surface area contributed by atoms with E-state index in [1.165, 1.54) is 6.20 Å². The second kappa shape index (κ2) is 10.1. The van der Waals surface area contributed by atoms with Gasteiger partial charge in [0.2, 0.25) is 0 Å². The molecule has 0 unspecified atom stereocenters. The number of halogens is 2. The molecule has 11 heteroatoms. The van der Waals surface area contributed by atoms with Gasteiger partial charge in [-0.3, -0.25) is 9.48 Å². The van der Waals surface area contributed by atoms with Crippen LogP contribution in [0.5, 0.6) is 0 Å². The van der Waals surface area contributed by atoms with E-state index in [0.29, 0.717) is 29.7 Å². The van der Waals surface area contributed by atoms with Gasteiger partial charge in [-0.2, -0.15) is 9.47 Å². The molecule has 4 heterocycles. The maximum Gasteiger partial charge on any atom is 0.284 e. The summed E-state index contributed by atoms with van der Waals surface area (Å²) in [5, 5.41) is 10.0. The van der Waals surface area contributed by atoms with Gasteiger partial charge in [-0.15, -0.1) is 0 Å². The maximum atomic E-state index is 13.7. The van der Waals surface area contributed by atoms with E-state index in [1.54, 1.807) is 4.68 Å². The minimum Gasteiger partial charge on any atom is -0.376 e. The number of rotatable bonds is 7. The maximum absolute atomic E-state index is 13.7. The lowest BCUT2D eigenvalue weighted by Crippen LogP contribution is -2.19. The zero-order valence-electron chi connectivity index (χ0n) is 19.8. The minimum absolute atomic E-state index is 0.0200. The third-order valence-corrected chi connectivity index (χ3v) is 7.70. The van der Waals surface area contributed by atoms with E-state index < -0.39 is 18.0 Å². The number of carbonyl (C=O) groups is 1. The van der Waals surface area contributed by atoms with Crippen LogP contribution in [0.1, 0.15) is 74.6 Å². The van der Waals surface area contributed by atoms with Crippen molar-refractivity contribution in [1.82, 2.24) is 19.1 Å². The van der Waals surface area contributed by atoms with Crippen LogP contribution in [0.2, 0.25) is 0 Å². The van der Waals surface area contributed by atoms with Crippen molar-refractivity contribution in [3.63, 3.8) is 0 Å². The molecule has 1 saturated carbocycles. The number of amides is 1. The molecule has 5 rings (SSSR count). The Hall–Kier alpha value is -2.66. The van der Waals surface area contributed by atoms with E-state index in [-0.39, 0.29) is 23.5 Å². The van der Waals surface area contributed by atoms with Crippen LogP contribution in [0.4, 0.5) is 20.3 Å². The third-order valence-electron chi connectivity index (χ3n) is 6.90. The van der Waals surface area contributed by atoms with E-state index in [1.807, 2.05) is 12.1 Å². The van der Waals surface area contributed by atoms with Gasteiger partial charge in [-0.05, 0) is 67.6 Å². The van der Waals surface area contributed by atoms with Crippen LogP contribution in [0.15, 0.2) is 18.3 Å². The fourth-order valence-electron chi connectivity index (χ4n) is 4.86. The number of ether oxygens (including phenoxy) is 1. The van der Waals surface area contributed by atoms with Crippen molar-refractivity contribution < 1.29 is 18.3 Å². The molecule has 3 aromatic heterocycles. The monoisotopic (exact) mass is 504 g/mol. The van der Waals surface area contributed by atoms with Gasteiger partial charge in [0, 0.05) is 19.3 Å². The normalized spacial score (nSPS) is 24.8. The molecule has 0 spiro atoms. The Morgan fingerprint density at radius 2 is 2.03 bits per heavy atom. The zero-order valence-corrected chi connectivity index (χ0v) is 20.7. The van der Waals surface area contributed by atoms with Gasteiger partial charge < -0.3 is 15.4 Å². The lowest BCUT2D eigenvalue weighted by molar-refractivity contribution is 0.102. The average molecular weight is 505 g/mol. The summed E-state index contributed by atoms with van der Waals surface area (Å²) < 4.78 is 39.8. The summed E-state index contributed by atoms with van der Waals surface area (Å²) in [5.74, 6) is 1.21. The second-order valence-corrected chi connectivity index (χ2v) is 10.6. The smallest absolute Gasteiger partial charge is 0.284 e. The van der Waals surface area contributed by atoms with Crippen molar-refractivity contribution in [3.8, 4) is 0 Å². The first kappa shape index (κ1) is 24.1. The summed E-state index contributed by atoms with van der Waals surface area (Å²) in [6, 6.07) is 3.76. The molecular weight excluding hydrogens is 474 g/mol. The van der Waals surface area contributed by atoms with Crippen molar-refractivity contribution in [2.24, 2.45) is 11.8 Å². The Balaban J connectivity index is 1.32. The highest BCUT2D eigenvalue weighted by Crippen LogP contribution is 2.35. The van der Waals surface area contributed by atoms with E-state index >= 15 is 0 Å². The molecule has 0 bridgehead atoms. The van der Waals surface area contributed by atoms with E-state index in [4.69, 9.17) is 4.74 Å². The fourth-order valence-corrected chi connectivity index (χ4v) is 5.58. The van der Waals surface area contributed by atoms with Gasteiger partial charge >= 0.3 is 0 Å². The molecule has 0 radical (unpaired) electrons. The zero-order chi connectivity index (χ0) is 24.5. The number of anilines is 2. The summed E-state index contributed by atoms with van der Waals surface area (Å²) in [7, 11) is 0. The number of nitrogens with one attached hydrogen (secondary N) is 2. The molecule has 1 saturated heterocycles. The number of carbonyl (C=O) groups excluding carboxylic acids is 1. The predicted octanol–water partition coefficient (Wildman–Crippen LogP) is 5.67. The Labute approximate surface area is 206 Å². The standard InChI is InChI=1S/C24H30F2N6O2S/c1-13-3-5-15(6-4-13)32-11-17(20(30-32)23(25)26)28-24(33)22-21-18(35-31-22)7-8-19(29-21)27-10-16-9-14(2)12-34-16/h7-8,11,13-16,23H,3-6,9-10,12H2,1-2H3,(H,27,29)(H,28,33)/t13?,14-,15?,16+/m0/s1. The summed E-state index contributed by atoms with van der Waals surface area (Å²) in [6.45, 7) is 5.74. The number of alkyl halides is 2. The van der Waals surface area contributed by atoms with E-state index in [0.717, 1.165) is 54.9 Å². The molecule has 35 heavy (non-hydrogen) atoms. The molecular formula is C24H30F2N6O2S. The van der Waals surface area contributed by atoms with Crippen LogP contribution in [0, 0.1) is 11.8 Å². The molecule has 8 nitrogen and oxygen atoms in total. The molecule has 2 aliphatic rings. The molecule has 3 aromatic rings. The van der Waals surface area contributed by atoms with Crippen LogP contribution >= 0.6 is 11.5 Å². The van der Waals surface area contributed by atoms with Crippen molar-refractivity contribution in [2.75, 3.05) is 23.8 Å². The molecule has 1 aliphatic heterocycles. The van der Waals surface area contributed by atoms with Gasteiger partial charge in [-0.1, -0.05) is 13.8 Å². The average Bonchev–Trinajstić information content (AvgIpc) is 3.56. The first-order chi connectivity index (χ1) is 16.9. The number of hydrogen-bond donors (Lipinski definition) is 2. The topological polar surface area (TPSA) is 94.0 Å². The highest BCUT2D eigenvalue weighted by atomic mass is 32.1. The molecule has 0 aromatic carbocycles. The third kappa shape index (κ3) is 5.30. The number of pyridine rings is 1. The van der Waals surface area contributed by atoms with Crippen LogP contribution in [0.3, 0.4) is 0 Å². The number of hydrogen-bond acceptors (Lipinski definition) is 7. The first-order valence-corrected chi connectivity index (χ1v) is 12.9. The van der Waals surface area contributed by atoms with Crippen molar-refractivity contribution in [2.45, 2.75) is 64.5 Å². The fraction of sp³-hybridized carbons (Fsp3) is 0.583. The number of aromatic nitrogens is 4. The summed E-state index contributed by atoms with van der Waals surface area (Å²) in [6.07, 6.45) is 3.70. The first-order valence-electron chi connectivity index (χ1n) is 12.2. The van der Waals surface area contributed by atoms with Crippen molar-refractivity contribution >= 4 is 39.2 Å². The number of nitrogens with zero attached hydrogens (tertiary/aromatic N) is 4. The predicted molar refractivity (Wildman–Crippen MR) is 131 cm³/mol. The van der Waals surface area contributed by atoms with Gasteiger partial charge in [0.05, 0.1) is 22.5 Å². The minimum atomic E-state index is -2.80. The summed E-state index contributed by atoms with van der Waals surface area (Å²) in [4.78, 5) is 17.7. The van der Waals surface area contributed by atoms with Crippen molar-refractivity contribution in [1.29, 1.82) is 0 Å². The van der Waals surface area contributed by atoms with Gasteiger partial charge in [0.1, 0.15) is 11.3 Å². The van der Waals surface area contributed by atoms with Gasteiger partial charge in [0.15, 0.2) is 11.4 Å². The van der Waals surface area contributed by atoms with Crippen LogP contribution < -0.4 is 10.6 Å². The lowest BCUT2D eigenvalue weighted by Gasteiger charge is -2.26. The highest BCUT2D eigenvalue weighted by molar-refractivity contribution is 7.13. The Morgan fingerprint density at radius 3 is 2.74 bits per heavy atom. The molecule has 2 fully saturated rings. The van der Waals surface area contributed by atoms with Crippen LogP contribution in [-0.2, 0) is 4.74 Å². The number of fused-ring (bicyclic) bond motifs is 1. The Kier molecular flexibility index (Phi) is 6.97. The molecule has 1 amide bonds. The molecule has 2 atom stereocenters. The largest absolute Gasteiger partial charge is 0.376 e. The second-order valence-electron chi connectivity index (χ2n) is 9.83. The molecule has 1 aliphatic carbocycles. The summed E-state index contributed by atoms with van der Waals surface area (Å²) >= 11 is 1.15. The van der Waals surface area contributed by atoms with E-state index in [2.05, 4.69) is 38.9 Å². The quantitative estimate of drug-likeness (QED) is 0.431. The Morgan fingerprint density at radius 1 is 1.23 bits per heavy atom. The Bertz CT molecular complexity index is 1190. The van der Waals surface area contributed by atoms with Crippen molar-refractivity contribution in [3.05, 3.63) is 29.7 Å². The van der Waals surface area contributed by atoms with Crippen LogP contribution in [0.25, 0.3) is 10.2 Å². The molecule has 188 valence electrons. The SMILES string of the molecule is CC1CCC(n2cc(NC(=O)c3nsc4ccc(NC[C@H]5C[C@H](C)CO5)nc34)c(C(F)F)n2)CC1. The highest BCUT2D eigenvalue weighted by Gasteiger charge is 2.27. The van der Waals surface area contributed by atoms with Gasteiger partial charge in [0.25, 0.3) is 12.3 Å². The lowest BCUT2D eigenvalue weighted by atomic mass is 9.87. The van der Waals surface area contributed by atoms with Gasteiger partial charge in [-0.25, -0.2) is 13.8 Å². The summed E-state index contributed by atoms with van der Waals surface area (Å²) in [5.41, 5.74) is 0.147. The van der Waals surface area contributed by atoms with Crippen LogP contribution in [-0.4, -0.2) is 44.3 Å².